The molecule has 12 nitrogen and oxygen atoms in total. The van der Waals surface area contributed by atoms with Gasteiger partial charge in [0.05, 0.1) is 10.8 Å². The standard InChI is InChI=1S/C32H38O12/c1-11-15(2)22(35)42-19-14-30(13-12-20(34)43-27(30,6)7)17(4)32(39-10)25(41-18(5)33)28(8)24(37)31(29(19,32)9)21(23(36)44-28)16(3)40-26(31)38/h11-13,16,19,21,25H,4,14H2,1-3,5-10H3/b15-11+/t16-,19-,21?,25-,28+,29-,30+,31-,32?/m0/s1. The Labute approximate surface area is 255 Å². The van der Waals surface area contributed by atoms with Gasteiger partial charge in [0, 0.05) is 32.1 Å². The van der Waals surface area contributed by atoms with E-state index in [1.54, 1.807) is 26.8 Å². The van der Waals surface area contributed by atoms with Crippen LogP contribution in [-0.4, -0.2) is 77.9 Å². The number of ketones is 1. The van der Waals surface area contributed by atoms with Crippen molar-refractivity contribution in [2.75, 3.05) is 7.11 Å². The molecule has 3 heterocycles. The highest BCUT2D eigenvalue weighted by Crippen LogP contribution is 2.76. The second-order valence-corrected chi connectivity index (χ2v) is 13.2. The molecule has 5 aliphatic rings. The molecule has 0 aromatic carbocycles. The lowest BCUT2D eigenvalue weighted by Gasteiger charge is -2.72. The van der Waals surface area contributed by atoms with Gasteiger partial charge < -0.3 is 28.4 Å². The van der Waals surface area contributed by atoms with E-state index in [9.17, 15) is 28.8 Å². The fourth-order valence-electron chi connectivity index (χ4n) is 8.80. The highest BCUT2D eigenvalue weighted by atomic mass is 16.6. The van der Waals surface area contributed by atoms with Crippen LogP contribution in [-0.2, 0) is 57.2 Å². The Morgan fingerprint density at radius 3 is 2.23 bits per heavy atom. The number of hydrogen-bond acceptors (Lipinski definition) is 12. The van der Waals surface area contributed by atoms with Gasteiger partial charge in [-0.25, -0.2) is 9.59 Å². The van der Waals surface area contributed by atoms with Gasteiger partial charge in [-0.15, -0.1) is 0 Å². The summed E-state index contributed by atoms with van der Waals surface area (Å²) in [5.74, 6) is -6.53. The van der Waals surface area contributed by atoms with Crippen molar-refractivity contribution >= 4 is 35.6 Å². The van der Waals surface area contributed by atoms with Crippen molar-refractivity contribution in [1.29, 1.82) is 0 Å². The molecule has 2 saturated heterocycles. The van der Waals surface area contributed by atoms with Gasteiger partial charge in [-0.3, -0.25) is 19.2 Å². The average Bonchev–Trinajstić information content (AvgIpc) is 3.21. The third kappa shape index (κ3) is 3.27. The van der Waals surface area contributed by atoms with Crippen molar-refractivity contribution in [2.45, 2.75) is 96.9 Å². The van der Waals surface area contributed by atoms with Gasteiger partial charge in [0.2, 0.25) is 5.60 Å². The number of allylic oxidation sites excluding steroid dienone is 1. The Bertz CT molecular complexity index is 1490. The summed E-state index contributed by atoms with van der Waals surface area (Å²) in [5.41, 5.74) is -11.0. The minimum Gasteiger partial charge on any atom is -0.461 e. The van der Waals surface area contributed by atoms with E-state index in [-0.39, 0.29) is 17.6 Å². The Hall–Kier alpha value is -3.80. The molecule has 2 bridgehead atoms. The Morgan fingerprint density at radius 2 is 1.68 bits per heavy atom. The molecule has 2 saturated carbocycles. The average molecular weight is 615 g/mol. The minimum absolute atomic E-state index is 0.158. The molecule has 0 amide bonds. The van der Waals surface area contributed by atoms with E-state index >= 15 is 0 Å². The van der Waals surface area contributed by atoms with Crippen molar-refractivity contribution in [2.24, 2.45) is 22.2 Å². The van der Waals surface area contributed by atoms with Gasteiger partial charge in [-0.05, 0) is 47.1 Å². The summed E-state index contributed by atoms with van der Waals surface area (Å²) in [6, 6.07) is 0. The molecule has 0 aromatic rings. The fourth-order valence-corrected chi connectivity index (χ4v) is 8.80. The van der Waals surface area contributed by atoms with E-state index in [1.807, 2.05) is 0 Å². The van der Waals surface area contributed by atoms with Crippen molar-refractivity contribution in [3.05, 3.63) is 36.0 Å². The van der Waals surface area contributed by atoms with Crippen LogP contribution in [0.25, 0.3) is 0 Å². The van der Waals surface area contributed by atoms with Gasteiger partial charge in [0.15, 0.2) is 17.3 Å². The van der Waals surface area contributed by atoms with Crippen LogP contribution in [0.15, 0.2) is 36.0 Å². The number of ether oxygens (including phenoxy) is 6. The minimum atomic E-state index is -2.33. The van der Waals surface area contributed by atoms with E-state index in [1.165, 1.54) is 47.0 Å². The zero-order valence-corrected chi connectivity index (χ0v) is 26.4. The highest BCUT2D eigenvalue weighted by molar-refractivity contribution is 6.17. The number of Topliss-reactive ketones (excluding diaryl/α,β-unsaturated/α-hetero) is 1. The van der Waals surface area contributed by atoms with Crippen molar-refractivity contribution in [1.82, 2.24) is 0 Å². The lowest BCUT2D eigenvalue weighted by molar-refractivity contribution is -0.321. The molecule has 9 atom stereocenters. The first-order chi connectivity index (χ1) is 20.3. The second-order valence-electron chi connectivity index (χ2n) is 13.2. The van der Waals surface area contributed by atoms with E-state index in [0.717, 1.165) is 6.92 Å². The Balaban J connectivity index is 1.97. The molecular weight excluding hydrogens is 576 g/mol. The topological polar surface area (TPSA) is 158 Å². The smallest absolute Gasteiger partial charge is 0.333 e. The van der Waals surface area contributed by atoms with Crippen molar-refractivity contribution in [3.8, 4) is 0 Å². The normalized spacial score (nSPS) is 43.8. The number of carbonyl (C=O) groups excluding carboxylic acids is 6. The highest BCUT2D eigenvalue weighted by Gasteiger charge is 2.93. The molecule has 44 heavy (non-hydrogen) atoms. The lowest BCUT2D eigenvalue weighted by Crippen LogP contribution is -2.89. The second kappa shape index (κ2) is 9.35. The third-order valence-electron chi connectivity index (χ3n) is 11.1. The van der Waals surface area contributed by atoms with Crippen molar-refractivity contribution < 1.29 is 57.2 Å². The first kappa shape index (κ1) is 31.6. The number of carbonyl (C=O) groups is 6. The van der Waals surface area contributed by atoms with Crippen LogP contribution in [0.3, 0.4) is 0 Å². The summed E-state index contributed by atoms with van der Waals surface area (Å²) in [6.07, 6.45) is -0.0875. The van der Waals surface area contributed by atoms with Gasteiger partial charge in [0.1, 0.15) is 29.3 Å². The summed E-state index contributed by atoms with van der Waals surface area (Å²) in [6.45, 7) is 16.3. The Morgan fingerprint density at radius 1 is 1.05 bits per heavy atom. The Kier molecular flexibility index (Phi) is 6.72. The van der Waals surface area contributed by atoms with Gasteiger partial charge in [0.25, 0.3) is 0 Å². The molecule has 0 N–H and O–H groups in total. The molecular formula is C32H38O12. The van der Waals surface area contributed by atoms with E-state index < -0.39 is 92.9 Å². The van der Waals surface area contributed by atoms with Gasteiger partial charge in [-0.1, -0.05) is 25.7 Å². The number of fused-ring (bicyclic) bond motifs is 2. The van der Waals surface area contributed by atoms with Crippen LogP contribution in [0.2, 0.25) is 0 Å². The van der Waals surface area contributed by atoms with Crippen LogP contribution < -0.4 is 0 Å². The maximum atomic E-state index is 14.9. The molecule has 2 aliphatic carbocycles. The third-order valence-corrected chi connectivity index (χ3v) is 11.1. The van der Waals surface area contributed by atoms with E-state index in [0.29, 0.717) is 0 Å². The number of hydrogen-bond donors (Lipinski definition) is 0. The fraction of sp³-hybridized carbons (Fsp3) is 0.625. The maximum Gasteiger partial charge on any atom is 0.333 e. The largest absolute Gasteiger partial charge is 0.461 e. The molecule has 4 fully saturated rings. The van der Waals surface area contributed by atoms with E-state index in [4.69, 9.17) is 28.4 Å². The summed E-state index contributed by atoms with van der Waals surface area (Å²) in [7, 11) is 1.28. The zero-order valence-electron chi connectivity index (χ0n) is 26.4. The summed E-state index contributed by atoms with van der Waals surface area (Å²) >= 11 is 0. The summed E-state index contributed by atoms with van der Waals surface area (Å²) in [4.78, 5) is 81.9. The number of methoxy groups -OCH3 is 1. The van der Waals surface area contributed by atoms with E-state index in [2.05, 4.69) is 6.58 Å². The van der Waals surface area contributed by atoms with Gasteiger partial charge in [-0.2, -0.15) is 0 Å². The molecule has 0 radical (unpaired) electrons. The molecule has 5 rings (SSSR count). The molecule has 2 unspecified atom stereocenters. The molecule has 2 spiro atoms. The monoisotopic (exact) mass is 614 g/mol. The molecule has 12 heteroatoms. The molecule has 238 valence electrons. The van der Waals surface area contributed by atoms with Crippen LogP contribution >= 0.6 is 0 Å². The van der Waals surface area contributed by atoms with Crippen LogP contribution in [0, 0.1) is 22.2 Å². The van der Waals surface area contributed by atoms with Crippen LogP contribution in [0.4, 0.5) is 0 Å². The lowest BCUT2D eigenvalue weighted by atomic mass is 9.33. The van der Waals surface area contributed by atoms with Gasteiger partial charge >= 0.3 is 29.8 Å². The number of rotatable bonds is 4. The van der Waals surface area contributed by atoms with Crippen LogP contribution in [0.1, 0.15) is 61.8 Å². The quantitative estimate of drug-likeness (QED) is 0.150. The number of cyclic esters (lactones) is 2. The SMILES string of the molecule is C=C1C2(OC)[C@@H](OC(C)=O)[C@]3(C)OC(=O)C4[C@H](C)OC(=O)[C@]4(C3=O)[C@]2(C)[C@@H](OC(=O)/C(C)=C/C)C[C@]12C=CC(=O)OC2(C)C. The first-order valence-electron chi connectivity index (χ1n) is 14.5. The maximum absolute atomic E-state index is 14.9. The summed E-state index contributed by atoms with van der Waals surface area (Å²) in [5, 5.41) is 0. The zero-order chi connectivity index (χ0) is 33.0. The summed E-state index contributed by atoms with van der Waals surface area (Å²) < 4.78 is 35.9. The van der Waals surface area contributed by atoms with Crippen LogP contribution in [0.5, 0.6) is 0 Å². The predicted molar refractivity (Wildman–Crippen MR) is 149 cm³/mol. The number of esters is 5. The van der Waals surface area contributed by atoms with Crippen molar-refractivity contribution in [3.63, 3.8) is 0 Å². The predicted octanol–water partition coefficient (Wildman–Crippen LogP) is 2.47. The molecule has 0 aromatic heterocycles. The molecule has 3 aliphatic heterocycles. The first-order valence-corrected chi connectivity index (χ1v) is 14.5.